The highest BCUT2D eigenvalue weighted by molar-refractivity contribution is 7.20. The molecular formula is C18H16N4O4S. The minimum Gasteiger partial charge on any atom is -0.479 e. The monoisotopic (exact) mass is 384 g/mol. The number of rotatable bonds is 2. The number of amides is 2. The molecule has 0 radical (unpaired) electrons. The number of nitrogens with zero attached hydrogens (tertiary/aromatic N) is 2. The Morgan fingerprint density at radius 1 is 1.37 bits per heavy atom. The van der Waals surface area contributed by atoms with E-state index in [0.29, 0.717) is 37.8 Å². The van der Waals surface area contributed by atoms with E-state index in [-0.39, 0.29) is 17.4 Å². The molecule has 9 heteroatoms. The summed E-state index contributed by atoms with van der Waals surface area (Å²) in [5.74, 6) is -0.0342. The van der Waals surface area contributed by atoms with Crippen molar-refractivity contribution in [3.8, 4) is 5.75 Å². The predicted octanol–water partition coefficient (Wildman–Crippen LogP) is 2.28. The first-order chi connectivity index (χ1) is 12.8. The average Bonchev–Trinajstić information content (AvgIpc) is 2.97. The van der Waals surface area contributed by atoms with Gasteiger partial charge in [-0.25, -0.2) is 4.98 Å². The van der Waals surface area contributed by atoms with Crippen molar-refractivity contribution in [1.29, 1.82) is 0 Å². The van der Waals surface area contributed by atoms with Crippen molar-refractivity contribution >= 4 is 44.7 Å². The highest BCUT2D eigenvalue weighted by Crippen LogP contribution is 2.33. The van der Waals surface area contributed by atoms with Gasteiger partial charge < -0.3 is 19.9 Å². The fourth-order valence-electron chi connectivity index (χ4n) is 2.90. The number of carbonyl (C=O) groups is 2. The summed E-state index contributed by atoms with van der Waals surface area (Å²) < 4.78 is 6.89. The Labute approximate surface area is 157 Å². The summed E-state index contributed by atoms with van der Waals surface area (Å²) in [5.41, 5.74) is 1.43. The van der Waals surface area contributed by atoms with Crippen LogP contribution in [0.4, 0.5) is 11.4 Å². The Hall–Kier alpha value is -3.20. The van der Waals surface area contributed by atoms with Crippen LogP contribution in [0.5, 0.6) is 5.75 Å². The van der Waals surface area contributed by atoms with Crippen LogP contribution in [0, 0.1) is 6.92 Å². The van der Waals surface area contributed by atoms with Gasteiger partial charge in [0.1, 0.15) is 10.6 Å². The lowest BCUT2D eigenvalue weighted by molar-refractivity contribution is -0.122. The molecule has 2 N–H and O–H groups in total. The number of carbonyl (C=O) groups excluding carboxylic acids is 2. The second-order valence-electron chi connectivity index (χ2n) is 6.31. The van der Waals surface area contributed by atoms with Crippen molar-refractivity contribution < 1.29 is 14.3 Å². The molecule has 0 saturated carbocycles. The van der Waals surface area contributed by atoms with E-state index in [9.17, 15) is 14.4 Å². The number of hydrogen-bond donors (Lipinski definition) is 2. The molecule has 0 fully saturated rings. The number of benzene rings is 1. The summed E-state index contributed by atoms with van der Waals surface area (Å²) in [5, 5.41) is 6.00. The first-order valence-corrected chi connectivity index (χ1v) is 9.04. The quantitative estimate of drug-likeness (QED) is 0.706. The molecule has 138 valence electrons. The maximum Gasteiger partial charge on any atom is 0.266 e. The fourth-order valence-corrected chi connectivity index (χ4v) is 3.93. The van der Waals surface area contributed by atoms with E-state index in [0.717, 1.165) is 0 Å². The maximum atomic E-state index is 12.7. The van der Waals surface area contributed by atoms with Gasteiger partial charge in [0, 0.05) is 12.7 Å². The Kier molecular flexibility index (Phi) is 3.96. The zero-order chi connectivity index (χ0) is 19.3. The molecule has 0 aliphatic carbocycles. The summed E-state index contributed by atoms with van der Waals surface area (Å²) in [6.45, 7) is 3.40. The molecule has 8 nitrogen and oxygen atoms in total. The zero-order valence-corrected chi connectivity index (χ0v) is 15.6. The third kappa shape index (κ3) is 2.85. The molecule has 3 aromatic rings. The molecule has 1 unspecified atom stereocenters. The van der Waals surface area contributed by atoms with Gasteiger partial charge in [0.15, 0.2) is 6.10 Å². The minimum atomic E-state index is -0.561. The first kappa shape index (κ1) is 17.2. The van der Waals surface area contributed by atoms with Crippen molar-refractivity contribution in [1.82, 2.24) is 9.55 Å². The first-order valence-electron chi connectivity index (χ1n) is 8.23. The largest absolute Gasteiger partial charge is 0.479 e. The third-order valence-corrected chi connectivity index (χ3v) is 5.58. The van der Waals surface area contributed by atoms with Crippen LogP contribution in [-0.2, 0) is 11.8 Å². The van der Waals surface area contributed by atoms with Crippen molar-refractivity contribution in [3.63, 3.8) is 0 Å². The van der Waals surface area contributed by atoms with Crippen LogP contribution < -0.4 is 20.9 Å². The smallest absolute Gasteiger partial charge is 0.266 e. The molecule has 0 spiro atoms. The van der Waals surface area contributed by atoms with Gasteiger partial charge >= 0.3 is 0 Å². The van der Waals surface area contributed by atoms with Crippen LogP contribution in [0.3, 0.4) is 0 Å². The number of thiophene rings is 1. The summed E-state index contributed by atoms with van der Waals surface area (Å²) in [7, 11) is 1.62. The van der Waals surface area contributed by atoms with Gasteiger partial charge in [0.2, 0.25) is 0 Å². The number of ether oxygens (including phenoxy) is 1. The van der Waals surface area contributed by atoms with Gasteiger partial charge in [-0.05, 0) is 37.6 Å². The van der Waals surface area contributed by atoms with E-state index in [4.69, 9.17) is 4.74 Å². The maximum absolute atomic E-state index is 12.7. The van der Waals surface area contributed by atoms with E-state index in [1.165, 1.54) is 22.2 Å². The number of anilines is 2. The second kappa shape index (κ2) is 6.20. The Morgan fingerprint density at radius 2 is 2.15 bits per heavy atom. The van der Waals surface area contributed by atoms with Crippen LogP contribution in [-0.4, -0.2) is 27.5 Å². The Bertz CT molecular complexity index is 1160. The SMILES string of the molecule is Cc1c(C(=O)Nc2ccc3c(c2)NC(=O)C(C)O3)sc2ncn(C)c(=O)c12. The van der Waals surface area contributed by atoms with Crippen molar-refractivity contribution in [2.45, 2.75) is 20.0 Å². The molecule has 27 heavy (non-hydrogen) atoms. The zero-order valence-electron chi connectivity index (χ0n) is 14.8. The van der Waals surface area contributed by atoms with Crippen molar-refractivity contribution in [2.75, 3.05) is 10.6 Å². The lowest BCUT2D eigenvalue weighted by atomic mass is 10.2. The summed E-state index contributed by atoms with van der Waals surface area (Å²) in [6, 6.07) is 5.02. The highest BCUT2D eigenvalue weighted by Gasteiger charge is 2.24. The van der Waals surface area contributed by atoms with Gasteiger partial charge in [0.25, 0.3) is 17.4 Å². The van der Waals surface area contributed by atoms with Crippen LogP contribution in [0.15, 0.2) is 29.3 Å². The molecule has 1 aliphatic heterocycles. The second-order valence-corrected chi connectivity index (χ2v) is 7.31. The highest BCUT2D eigenvalue weighted by atomic mass is 32.1. The average molecular weight is 384 g/mol. The molecule has 1 atom stereocenters. The summed E-state index contributed by atoms with van der Waals surface area (Å²) in [6.07, 6.45) is 0.879. The van der Waals surface area contributed by atoms with Gasteiger partial charge in [-0.3, -0.25) is 14.4 Å². The molecule has 2 aromatic heterocycles. The molecule has 0 saturated heterocycles. The molecule has 1 aromatic carbocycles. The fraction of sp³-hybridized carbons (Fsp3) is 0.222. The van der Waals surface area contributed by atoms with Crippen LogP contribution in [0.2, 0.25) is 0 Å². The number of nitrogens with one attached hydrogen (secondary N) is 2. The van der Waals surface area contributed by atoms with E-state index in [2.05, 4.69) is 15.6 Å². The minimum absolute atomic E-state index is 0.185. The molecule has 0 bridgehead atoms. The normalized spacial score (nSPS) is 15.8. The molecular weight excluding hydrogens is 368 g/mol. The lowest BCUT2D eigenvalue weighted by Gasteiger charge is -2.23. The molecule has 3 heterocycles. The van der Waals surface area contributed by atoms with Crippen molar-refractivity contribution in [2.24, 2.45) is 7.05 Å². The summed E-state index contributed by atoms with van der Waals surface area (Å²) >= 11 is 1.17. The molecule has 1 aliphatic rings. The van der Waals surface area contributed by atoms with Gasteiger partial charge in [-0.2, -0.15) is 0 Å². The third-order valence-electron chi connectivity index (χ3n) is 4.39. The number of aromatic nitrogens is 2. The number of hydrogen-bond acceptors (Lipinski definition) is 6. The van der Waals surface area contributed by atoms with Gasteiger partial charge in [-0.1, -0.05) is 0 Å². The van der Waals surface area contributed by atoms with Crippen LogP contribution >= 0.6 is 11.3 Å². The van der Waals surface area contributed by atoms with Crippen LogP contribution in [0.25, 0.3) is 10.2 Å². The van der Waals surface area contributed by atoms with Crippen molar-refractivity contribution in [3.05, 3.63) is 45.3 Å². The number of fused-ring (bicyclic) bond motifs is 2. The van der Waals surface area contributed by atoms with E-state index in [1.54, 1.807) is 39.1 Å². The lowest BCUT2D eigenvalue weighted by Crippen LogP contribution is -2.34. The van der Waals surface area contributed by atoms with Gasteiger partial charge in [-0.15, -0.1) is 11.3 Å². The van der Waals surface area contributed by atoms with Crippen LogP contribution in [0.1, 0.15) is 22.2 Å². The van der Waals surface area contributed by atoms with E-state index >= 15 is 0 Å². The van der Waals surface area contributed by atoms with E-state index < -0.39 is 6.10 Å². The predicted molar refractivity (Wildman–Crippen MR) is 103 cm³/mol. The molecule has 2 amide bonds. The topological polar surface area (TPSA) is 102 Å². The standard InChI is InChI=1S/C18H16N4O4S/c1-8-13-17(19-7-22(3)18(13)25)27-14(8)16(24)20-10-4-5-12-11(6-10)21-15(23)9(2)26-12/h4-7,9H,1-3H3,(H,20,24)(H,21,23). The Morgan fingerprint density at radius 3 is 2.93 bits per heavy atom. The molecule has 4 rings (SSSR count). The Balaban J connectivity index is 1.66. The summed E-state index contributed by atoms with van der Waals surface area (Å²) in [4.78, 5) is 42.0. The van der Waals surface area contributed by atoms with E-state index in [1.807, 2.05) is 0 Å². The number of aryl methyl sites for hydroxylation is 2. The van der Waals surface area contributed by atoms with Gasteiger partial charge in [0.05, 0.1) is 22.3 Å².